The van der Waals surface area contributed by atoms with Gasteiger partial charge in [-0.2, -0.15) is 0 Å². The van der Waals surface area contributed by atoms with E-state index in [1.54, 1.807) is 0 Å². The van der Waals surface area contributed by atoms with Gasteiger partial charge in [0.05, 0.1) is 11.5 Å². The number of thiazole rings is 1. The van der Waals surface area contributed by atoms with Crippen LogP contribution in [-0.4, -0.2) is 54.0 Å². The Balaban J connectivity index is 1.04. The van der Waals surface area contributed by atoms with Gasteiger partial charge in [-0.25, -0.2) is 9.78 Å². The molecule has 1 aromatic heterocycles. The summed E-state index contributed by atoms with van der Waals surface area (Å²) in [7, 11) is 0. The molecule has 0 radical (unpaired) electrons. The first kappa shape index (κ1) is 32.2. The summed E-state index contributed by atoms with van der Waals surface area (Å²) in [6.07, 6.45) is 6.16. The van der Waals surface area contributed by atoms with Crippen molar-refractivity contribution in [1.82, 2.24) is 9.88 Å². The van der Waals surface area contributed by atoms with E-state index in [-0.39, 0.29) is 30.9 Å². The second kappa shape index (κ2) is 13.3. The molecule has 7 rings (SSSR count). The van der Waals surface area contributed by atoms with E-state index in [0.717, 1.165) is 41.7 Å². The van der Waals surface area contributed by atoms with Crippen LogP contribution in [0, 0.1) is 17.8 Å². The predicted molar refractivity (Wildman–Crippen MR) is 180 cm³/mol. The number of nitrogens with one attached hydrogen (secondary N) is 1. The molecule has 1 unspecified atom stereocenters. The van der Waals surface area contributed by atoms with Crippen molar-refractivity contribution in [2.45, 2.75) is 83.0 Å². The van der Waals surface area contributed by atoms with Gasteiger partial charge >= 0.3 is 6.16 Å². The van der Waals surface area contributed by atoms with Crippen molar-refractivity contribution < 1.29 is 28.5 Å². The Hall–Kier alpha value is -3.34. The summed E-state index contributed by atoms with van der Waals surface area (Å²) in [5.41, 5.74) is 1.26. The maximum absolute atomic E-state index is 13.6. The quantitative estimate of drug-likeness (QED) is 0.227. The minimum Gasteiger partial charge on any atom is -0.454 e. The number of nitrogens with zero attached hydrogens (tertiary/aromatic N) is 2. The lowest BCUT2D eigenvalue weighted by molar-refractivity contribution is -0.118. The molecule has 5 atom stereocenters. The summed E-state index contributed by atoms with van der Waals surface area (Å²) < 4.78 is 22.9. The van der Waals surface area contributed by atoms with E-state index in [1.165, 1.54) is 17.8 Å². The van der Waals surface area contributed by atoms with Gasteiger partial charge in [-0.1, -0.05) is 74.4 Å². The zero-order valence-corrected chi connectivity index (χ0v) is 28.6. The first-order valence-corrected chi connectivity index (χ1v) is 17.9. The van der Waals surface area contributed by atoms with Crippen LogP contribution in [0.5, 0.6) is 11.5 Å². The highest BCUT2D eigenvalue weighted by Crippen LogP contribution is 2.51. The molecule has 2 aliphatic carbocycles. The number of carbonyl (C=O) groups is 2. The van der Waals surface area contributed by atoms with Crippen LogP contribution in [0.2, 0.25) is 5.02 Å². The maximum Gasteiger partial charge on any atom is 0.508 e. The van der Waals surface area contributed by atoms with Gasteiger partial charge in [0.15, 0.2) is 16.6 Å². The van der Waals surface area contributed by atoms with Gasteiger partial charge in [-0.15, -0.1) is 0 Å². The number of rotatable bonds is 9. The molecular weight excluding hydrogens is 638 g/mol. The lowest BCUT2D eigenvalue weighted by atomic mass is 9.75. The van der Waals surface area contributed by atoms with Crippen molar-refractivity contribution in [2.24, 2.45) is 17.8 Å². The lowest BCUT2D eigenvalue weighted by Gasteiger charge is -2.36. The molecule has 1 saturated heterocycles. The second-order valence-corrected chi connectivity index (χ2v) is 15.3. The highest BCUT2D eigenvalue weighted by Gasteiger charge is 2.52. The van der Waals surface area contributed by atoms with E-state index in [0.29, 0.717) is 58.9 Å². The molecule has 1 N–H and O–H groups in total. The molecule has 2 aromatic carbocycles. The largest absolute Gasteiger partial charge is 0.508 e. The Morgan fingerprint density at radius 2 is 1.89 bits per heavy atom. The SMILES string of the molecule is CC(C)[C@H]1CC[C@H](C)C[C@@H]1OC(=O)OC1CCN([C@@H](c2cnc(NC(=O)C3(c4ccc5c(c4)OCO5)CC3)s2)c2ccccc2Cl)C1. The van der Waals surface area contributed by atoms with Crippen LogP contribution in [0.15, 0.2) is 48.7 Å². The summed E-state index contributed by atoms with van der Waals surface area (Å²) in [6, 6.07) is 13.3. The highest BCUT2D eigenvalue weighted by atomic mass is 35.5. The van der Waals surface area contributed by atoms with E-state index in [9.17, 15) is 9.59 Å². The Kier molecular flexibility index (Phi) is 9.11. The molecular formula is C36H42ClN3O6S. The molecule has 0 bridgehead atoms. The Morgan fingerprint density at radius 3 is 2.68 bits per heavy atom. The van der Waals surface area contributed by atoms with Gasteiger partial charge in [0, 0.05) is 29.2 Å². The van der Waals surface area contributed by atoms with Crippen LogP contribution in [0.3, 0.4) is 0 Å². The molecule has 3 aromatic rings. The van der Waals surface area contributed by atoms with Crippen LogP contribution in [0.25, 0.3) is 0 Å². The van der Waals surface area contributed by atoms with Crippen LogP contribution in [0.1, 0.15) is 81.3 Å². The lowest BCUT2D eigenvalue weighted by Crippen LogP contribution is -2.37. The van der Waals surface area contributed by atoms with Gasteiger partial charge in [0.25, 0.3) is 0 Å². The smallest absolute Gasteiger partial charge is 0.454 e. The fourth-order valence-corrected chi connectivity index (χ4v) is 8.71. The minimum atomic E-state index is -0.603. The Morgan fingerprint density at radius 1 is 1.09 bits per heavy atom. The molecule has 250 valence electrons. The molecule has 3 fully saturated rings. The number of likely N-dealkylation sites (tertiary alicyclic amines) is 1. The summed E-state index contributed by atoms with van der Waals surface area (Å²) in [5.74, 6) is 2.64. The van der Waals surface area contributed by atoms with Crippen molar-refractivity contribution in [2.75, 3.05) is 25.2 Å². The van der Waals surface area contributed by atoms with Gasteiger partial charge in [-0.3, -0.25) is 9.69 Å². The first-order chi connectivity index (χ1) is 22.7. The van der Waals surface area contributed by atoms with Crippen molar-refractivity contribution in [3.63, 3.8) is 0 Å². The second-order valence-electron chi connectivity index (χ2n) is 13.9. The van der Waals surface area contributed by atoms with E-state index in [4.69, 9.17) is 30.5 Å². The summed E-state index contributed by atoms with van der Waals surface area (Å²) in [6.45, 7) is 8.06. The number of fused-ring (bicyclic) bond motifs is 1. The van der Waals surface area contributed by atoms with E-state index in [2.05, 4.69) is 36.0 Å². The van der Waals surface area contributed by atoms with Crippen molar-refractivity contribution in [3.8, 4) is 11.5 Å². The predicted octanol–water partition coefficient (Wildman–Crippen LogP) is 7.97. The highest BCUT2D eigenvalue weighted by molar-refractivity contribution is 7.15. The number of carbonyl (C=O) groups excluding carboxylic acids is 2. The monoisotopic (exact) mass is 679 g/mol. The molecule has 2 saturated carbocycles. The minimum absolute atomic E-state index is 0.0771. The zero-order chi connectivity index (χ0) is 32.7. The number of halogens is 1. The fourth-order valence-electron chi connectivity index (χ4n) is 7.50. The van der Waals surface area contributed by atoms with Crippen molar-refractivity contribution in [1.29, 1.82) is 0 Å². The third-order valence-corrected chi connectivity index (χ3v) is 11.6. The van der Waals surface area contributed by atoms with Gasteiger partial charge < -0.3 is 24.3 Å². The topological polar surface area (TPSA) is 99.2 Å². The molecule has 4 aliphatic rings. The standard InChI is InChI=1S/C36H42ClN3O6S/c1-21(2)25-10-8-22(3)16-29(25)46-35(42)45-24-12-15-40(19-24)32(26-6-4-5-7-27(26)37)31-18-38-34(47-31)39-33(41)36(13-14-36)23-9-11-28-30(17-23)44-20-43-28/h4-7,9,11,17-18,21-22,24-25,29,32H,8,10,12-16,19-20H2,1-3H3,(H,38,39,41)/t22-,24?,25+,29-,32+/m0/s1. The molecule has 47 heavy (non-hydrogen) atoms. The summed E-state index contributed by atoms with van der Waals surface area (Å²) in [5, 5.41) is 4.27. The Labute approximate surface area is 284 Å². The number of benzene rings is 2. The number of aromatic nitrogens is 1. The Bertz CT molecular complexity index is 1630. The van der Waals surface area contributed by atoms with Gasteiger partial charge in [0.1, 0.15) is 12.2 Å². The number of hydrogen-bond acceptors (Lipinski definition) is 9. The van der Waals surface area contributed by atoms with E-state index in [1.807, 2.05) is 48.7 Å². The van der Waals surface area contributed by atoms with Crippen molar-refractivity contribution >= 4 is 40.1 Å². The van der Waals surface area contributed by atoms with Gasteiger partial charge in [0.2, 0.25) is 12.7 Å². The maximum atomic E-state index is 13.6. The summed E-state index contributed by atoms with van der Waals surface area (Å²) in [4.78, 5) is 34.5. The van der Waals surface area contributed by atoms with E-state index >= 15 is 0 Å². The molecule has 0 spiro atoms. The number of amides is 1. The average Bonchev–Trinajstić information content (AvgIpc) is 3.32. The van der Waals surface area contributed by atoms with Crippen LogP contribution in [0.4, 0.5) is 9.93 Å². The van der Waals surface area contributed by atoms with Crippen LogP contribution >= 0.6 is 22.9 Å². The number of anilines is 1. The van der Waals surface area contributed by atoms with Crippen LogP contribution in [-0.2, 0) is 19.7 Å². The molecule has 2 aliphatic heterocycles. The number of ether oxygens (including phenoxy) is 4. The molecule has 1 amide bonds. The fraction of sp³-hybridized carbons (Fsp3) is 0.528. The molecule has 9 nitrogen and oxygen atoms in total. The number of hydrogen-bond donors (Lipinski definition) is 1. The van der Waals surface area contributed by atoms with Crippen LogP contribution < -0.4 is 14.8 Å². The normalized spacial score (nSPS) is 25.4. The molecule has 3 heterocycles. The van der Waals surface area contributed by atoms with Gasteiger partial charge in [-0.05, 0) is 79.2 Å². The average molecular weight is 680 g/mol. The summed E-state index contributed by atoms with van der Waals surface area (Å²) >= 11 is 8.20. The first-order valence-electron chi connectivity index (χ1n) is 16.7. The third-order valence-electron chi connectivity index (χ3n) is 10.3. The third kappa shape index (κ3) is 6.69. The molecule has 11 heteroatoms. The zero-order valence-electron chi connectivity index (χ0n) is 27.1. The van der Waals surface area contributed by atoms with E-state index < -0.39 is 11.6 Å². The van der Waals surface area contributed by atoms with Crippen molar-refractivity contribution in [3.05, 3.63) is 69.7 Å².